The fraction of sp³-hybridized carbons (Fsp3) is 0.444. The molecule has 2 aromatic rings. The molecule has 1 heterocycles. The Hall–Kier alpha value is -1.88. The Morgan fingerprint density at radius 1 is 1.22 bits per heavy atom. The lowest BCUT2D eigenvalue weighted by Gasteiger charge is -2.12. The summed E-state index contributed by atoms with van der Waals surface area (Å²) < 4.78 is 0. The molecule has 1 amide bonds. The molecule has 0 fully saturated rings. The van der Waals surface area contributed by atoms with Gasteiger partial charge in [-0.15, -0.1) is 11.3 Å². The summed E-state index contributed by atoms with van der Waals surface area (Å²) in [6.07, 6.45) is 3.20. The van der Waals surface area contributed by atoms with E-state index in [-0.39, 0.29) is 5.91 Å². The highest BCUT2D eigenvalue weighted by atomic mass is 32.1. The van der Waals surface area contributed by atoms with Gasteiger partial charge in [-0.1, -0.05) is 12.1 Å². The zero-order valence-corrected chi connectivity index (χ0v) is 14.9. The van der Waals surface area contributed by atoms with E-state index in [1.54, 1.807) is 11.3 Å². The summed E-state index contributed by atoms with van der Waals surface area (Å²) in [7, 11) is 4.05. The van der Waals surface area contributed by atoms with Crippen molar-refractivity contribution in [3.63, 3.8) is 0 Å². The van der Waals surface area contributed by atoms with Crippen LogP contribution in [-0.4, -0.2) is 31.5 Å². The molecule has 0 aliphatic rings. The Morgan fingerprint density at radius 3 is 2.57 bits per heavy atom. The molecule has 0 aliphatic carbocycles. The Bertz CT molecular complexity index is 619. The molecular formula is C18H25N3OS. The van der Waals surface area contributed by atoms with Gasteiger partial charge in [0.05, 0.1) is 5.01 Å². The Kier molecular flexibility index (Phi) is 6.59. The molecule has 1 aromatic carbocycles. The third-order valence-corrected chi connectivity index (χ3v) is 4.68. The van der Waals surface area contributed by atoms with Gasteiger partial charge in [0.2, 0.25) is 5.91 Å². The monoisotopic (exact) mass is 331 g/mol. The third kappa shape index (κ3) is 6.02. The van der Waals surface area contributed by atoms with Crippen molar-refractivity contribution >= 4 is 22.9 Å². The van der Waals surface area contributed by atoms with E-state index < -0.39 is 0 Å². The Morgan fingerprint density at radius 2 is 1.96 bits per heavy atom. The molecule has 0 saturated heterocycles. The van der Waals surface area contributed by atoms with Crippen LogP contribution >= 0.6 is 11.3 Å². The first kappa shape index (κ1) is 17.5. The second-order valence-corrected chi connectivity index (χ2v) is 6.84. The zero-order valence-electron chi connectivity index (χ0n) is 14.1. The van der Waals surface area contributed by atoms with Gasteiger partial charge in [-0.2, -0.15) is 0 Å². The molecule has 0 bridgehead atoms. The number of aromatic nitrogens is 1. The normalized spacial score (nSPS) is 10.6. The van der Waals surface area contributed by atoms with Crippen molar-refractivity contribution in [1.82, 2.24) is 10.3 Å². The topological polar surface area (TPSA) is 45.2 Å². The van der Waals surface area contributed by atoms with E-state index in [1.807, 2.05) is 21.0 Å². The number of aryl methyl sites for hydroxylation is 3. The van der Waals surface area contributed by atoms with E-state index in [0.717, 1.165) is 36.5 Å². The molecule has 0 aliphatic heterocycles. The first-order valence-corrected chi connectivity index (χ1v) is 8.86. The van der Waals surface area contributed by atoms with Gasteiger partial charge in [0.15, 0.2) is 0 Å². The van der Waals surface area contributed by atoms with E-state index in [2.05, 4.69) is 44.8 Å². The van der Waals surface area contributed by atoms with Gasteiger partial charge in [0, 0.05) is 50.2 Å². The van der Waals surface area contributed by atoms with Gasteiger partial charge in [-0.05, 0) is 37.5 Å². The van der Waals surface area contributed by atoms with Crippen molar-refractivity contribution in [3.05, 3.63) is 45.9 Å². The van der Waals surface area contributed by atoms with Crippen LogP contribution in [0, 0.1) is 6.92 Å². The molecule has 5 heteroatoms. The van der Waals surface area contributed by atoms with Gasteiger partial charge in [-0.25, -0.2) is 4.98 Å². The van der Waals surface area contributed by atoms with Crippen LogP contribution in [-0.2, 0) is 17.6 Å². The number of benzene rings is 1. The third-order valence-electron chi connectivity index (χ3n) is 3.65. The Labute approximate surface area is 142 Å². The number of hydrogen-bond acceptors (Lipinski definition) is 4. The van der Waals surface area contributed by atoms with Crippen LogP contribution in [0.1, 0.15) is 29.1 Å². The van der Waals surface area contributed by atoms with Crippen molar-refractivity contribution < 1.29 is 4.79 Å². The van der Waals surface area contributed by atoms with Crippen LogP contribution in [0.25, 0.3) is 0 Å². The minimum atomic E-state index is 0.122. The van der Waals surface area contributed by atoms with E-state index in [4.69, 9.17) is 0 Å². The molecule has 23 heavy (non-hydrogen) atoms. The smallest absolute Gasteiger partial charge is 0.220 e. The van der Waals surface area contributed by atoms with Crippen molar-refractivity contribution in [1.29, 1.82) is 0 Å². The van der Waals surface area contributed by atoms with Crippen LogP contribution in [0.15, 0.2) is 29.6 Å². The predicted molar refractivity (Wildman–Crippen MR) is 97.3 cm³/mol. The fourth-order valence-electron chi connectivity index (χ4n) is 2.29. The van der Waals surface area contributed by atoms with E-state index in [9.17, 15) is 4.79 Å². The maximum absolute atomic E-state index is 11.9. The van der Waals surface area contributed by atoms with E-state index in [1.165, 1.54) is 11.3 Å². The first-order valence-electron chi connectivity index (χ1n) is 7.98. The summed E-state index contributed by atoms with van der Waals surface area (Å²) >= 11 is 1.69. The molecule has 0 unspecified atom stereocenters. The van der Waals surface area contributed by atoms with Crippen molar-refractivity contribution in [3.8, 4) is 0 Å². The number of rotatable bonds is 8. The SMILES string of the molecule is Cc1csc(CCCNC(=O)CCc2ccc(N(C)C)cc2)n1. The molecule has 1 aromatic heterocycles. The van der Waals surface area contributed by atoms with E-state index in [0.29, 0.717) is 6.42 Å². The minimum Gasteiger partial charge on any atom is -0.378 e. The molecule has 1 N–H and O–H groups in total. The lowest BCUT2D eigenvalue weighted by atomic mass is 10.1. The number of nitrogens with one attached hydrogen (secondary N) is 1. The first-order chi connectivity index (χ1) is 11.0. The van der Waals surface area contributed by atoms with Gasteiger partial charge in [0.1, 0.15) is 0 Å². The molecule has 2 rings (SSSR count). The summed E-state index contributed by atoms with van der Waals surface area (Å²) in [6.45, 7) is 2.73. The minimum absolute atomic E-state index is 0.122. The number of carbonyl (C=O) groups excluding carboxylic acids is 1. The van der Waals surface area contributed by atoms with Gasteiger partial charge >= 0.3 is 0 Å². The maximum Gasteiger partial charge on any atom is 0.220 e. The second-order valence-electron chi connectivity index (χ2n) is 5.90. The van der Waals surface area contributed by atoms with Gasteiger partial charge in [-0.3, -0.25) is 4.79 Å². The second kappa shape index (κ2) is 8.67. The van der Waals surface area contributed by atoms with Crippen LogP contribution < -0.4 is 10.2 Å². The predicted octanol–water partition coefficient (Wildman–Crippen LogP) is 3.20. The molecular weight excluding hydrogens is 306 g/mol. The summed E-state index contributed by atoms with van der Waals surface area (Å²) in [5.74, 6) is 0.122. The fourth-order valence-corrected chi connectivity index (χ4v) is 3.11. The average Bonchev–Trinajstić information content (AvgIpc) is 2.95. The number of thiazole rings is 1. The number of nitrogens with zero attached hydrogens (tertiary/aromatic N) is 2. The summed E-state index contributed by atoms with van der Waals surface area (Å²) in [5.41, 5.74) is 3.45. The quantitative estimate of drug-likeness (QED) is 0.756. The lowest BCUT2D eigenvalue weighted by molar-refractivity contribution is -0.121. The summed E-state index contributed by atoms with van der Waals surface area (Å²) in [4.78, 5) is 18.4. The summed E-state index contributed by atoms with van der Waals surface area (Å²) in [6, 6.07) is 8.35. The largest absolute Gasteiger partial charge is 0.378 e. The number of anilines is 1. The summed E-state index contributed by atoms with van der Waals surface area (Å²) in [5, 5.41) is 6.20. The van der Waals surface area contributed by atoms with Gasteiger partial charge in [0.25, 0.3) is 0 Å². The highest BCUT2D eigenvalue weighted by molar-refractivity contribution is 7.09. The maximum atomic E-state index is 11.9. The molecule has 0 spiro atoms. The van der Waals surface area contributed by atoms with Crippen LogP contribution in [0.4, 0.5) is 5.69 Å². The highest BCUT2D eigenvalue weighted by Crippen LogP contribution is 2.13. The molecule has 0 radical (unpaired) electrons. The molecule has 124 valence electrons. The molecule has 4 nitrogen and oxygen atoms in total. The van der Waals surface area contributed by atoms with Crippen molar-refractivity contribution in [2.75, 3.05) is 25.5 Å². The van der Waals surface area contributed by atoms with Gasteiger partial charge < -0.3 is 10.2 Å². The van der Waals surface area contributed by atoms with Crippen LogP contribution in [0.2, 0.25) is 0 Å². The average molecular weight is 331 g/mol. The molecule has 0 saturated carbocycles. The van der Waals surface area contributed by atoms with Crippen molar-refractivity contribution in [2.24, 2.45) is 0 Å². The lowest BCUT2D eigenvalue weighted by Crippen LogP contribution is -2.25. The number of carbonyl (C=O) groups is 1. The van der Waals surface area contributed by atoms with Crippen LogP contribution in [0.3, 0.4) is 0 Å². The van der Waals surface area contributed by atoms with Crippen LogP contribution in [0.5, 0.6) is 0 Å². The standard InChI is InChI=1S/C18H25N3OS/c1-14-13-23-18(20-14)5-4-12-19-17(22)11-8-15-6-9-16(10-7-15)21(2)3/h6-7,9-10,13H,4-5,8,11-12H2,1-3H3,(H,19,22). The zero-order chi connectivity index (χ0) is 16.7. The Balaban J connectivity index is 1.63. The van der Waals surface area contributed by atoms with E-state index >= 15 is 0 Å². The number of hydrogen-bond donors (Lipinski definition) is 1. The molecule has 0 atom stereocenters. The number of amides is 1. The highest BCUT2D eigenvalue weighted by Gasteiger charge is 2.04. The van der Waals surface area contributed by atoms with Crippen molar-refractivity contribution in [2.45, 2.75) is 32.6 Å².